The molecule has 2 nitrogen and oxygen atoms in total. The molecular weight excluding hydrogens is 414 g/mol. The third-order valence-electron chi connectivity index (χ3n) is 3.79. The molecular formula is C17H19BrClNOS2. The molecule has 3 rings (SSSR count). The second-order valence-electron chi connectivity index (χ2n) is 5.48. The van der Waals surface area contributed by atoms with Gasteiger partial charge in [0, 0.05) is 23.0 Å². The zero-order valence-corrected chi connectivity index (χ0v) is 16.7. The standard InChI is InChI=1S/C17H19BrClNOS2/c18-16-12-13(2-1-7-20-8-10-21-11-9-20)17(23-16)22-15-5-3-14(19)4-6-15/h3-6,12H,1-2,7-11H2. The summed E-state index contributed by atoms with van der Waals surface area (Å²) in [5.41, 5.74) is 1.44. The molecule has 2 aromatic rings. The lowest BCUT2D eigenvalue weighted by atomic mass is 10.2. The van der Waals surface area contributed by atoms with Crippen molar-refractivity contribution in [3.05, 3.63) is 44.7 Å². The van der Waals surface area contributed by atoms with Crippen LogP contribution in [0.1, 0.15) is 12.0 Å². The molecule has 124 valence electrons. The number of hydrogen-bond donors (Lipinski definition) is 0. The molecule has 0 saturated carbocycles. The molecule has 0 amide bonds. The lowest BCUT2D eigenvalue weighted by molar-refractivity contribution is 0.0374. The quantitative estimate of drug-likeness (QED) is 0.591. The number of nitrogens with zero attached hydrogens (tertiary/aromatic N) is 1. The average Bonchev–Trinajstić information content (AvgIpc) is 2.90. The van der Waals surface area contributed by atoms with E-state index in [-0.39, 0.29) is 0 Å². The minimum absolute atomic E-state index is 0.785. The van der Waals surface area contributed by atoms with Crippen LogP contribution in [0.3, 0.4) is 0 Å². The monoisotopic (exact) mass is 431 g/mol. The van der Waals surface area contributed by atoms with E-state index in [0.29, 0.717) is 0 Å². The Morgan fingerprint density at radius 3 is 2.70 bits per heavy atom. The van der Waals surface area contributed by atoms with E-state index >= 15 is 0 Å². The average molecular weight is 433 g/mol. The van der Waals surface area contributed by atoms with Crippen LogP contribution in [0, 0.1) is 0 Å². The lowest BCUT2D eigenvalue weighted by Crippen LogP contribution is -2.36. The summed E-state index contributed by atoms with van der Waals surface area (Å²) in [7, 11) is 0. The van der Waals surface area contributed by atoms with Crippen molar-refractivity contribution < 1.29 is 4.74 Å². The van der Waals surface area contributed by atoms with E-state index in [9.17, 15) is 0 Å². The summed E-state index contributed by atoms with van der Waals surface area (Å²) in [6.07, 6.45) is 2.31. The minimum Gasteiger partial charge on any atom is -0.379 e. The predicted octanol–water partition coefficient (Wildman–Crippen LogP) is 5.58. The Hall–Kier alpha value is -0.0400. The van der Waals surface area contributed by atoms with Crippen molar-refractivity contribution in [1.82, 2.24) is 4.90 Å². The van der Waals surface area contributed by atoms with Gasteiger partial charge in [0.15, 0.2) is 0 Å². The van der Waals surface area contributed by atoms with Gasteiger partial charge in [0.2, 0.25) is 0 Å². The van der Waals surface area contributed by atoms with E-state index in [4.69, 9.17) is 16.3 Å². The normalized spacial score (nSPS) is 15.9. The summed E-state index contributed by atoms with van der Waals surface area (Å²) in [6.45, 7) is 5.05. The third kappa shape index (κ3) is 5.48. The number of rotatable bonds is 6. The first kappa shape index (κ1) is 17.8. The molecule has 2 heterocycles. The van der Waals surface area contributed by atoms with Gasteiger partial charge in [-0.25, -0.2) is 0 Å². The molecule has 0 radical (unpaired) electrons. The van der Waals surface area contributed by atoms with E-state index in [1.54, 1.807) is 0 Å². The van der Waals surface area contributed by atoms with Crippen molar-refractivity contribution in [2.45, 2.75) is 21.9 Å². The maximum Gasteiger partial charge on any atom is 0.0713 e. The number of halogens is 2. The maximum atomic E-state index is 5.96. The van der Waals surface area contributed by atoms with Crippen LogP contribution in [0.15, 0.2) is 43.2 Å². The SMILES string of the molecule is Clc1ccc(Sc2sc(Br)cc2CCCN2CCOCC2)cc1. The van der Waals surface area contributed by atoms with E-state index in [1.165, 1.54) is 24.9 Å². The van der Waals surface area contributed by atoms with Crippen LogP contribution in [0.5, 0.6) is 0 Å². The Morgan fingerprint density at radius 2 is 1.96 bits per heavy atom. The van der Waals surface area contributed by atoms with Gasteiger partial charge in [-0.15, -0.1) is 11.3 Å². The van der Waals surface area contributed by atoms with Gasteiger partial charge in [0.25, 0.3) is 0 Å². The smallest absolute Gasteiger partial charge is 0.0713 e. The van der Waals surface area contributed by atoms with Crippen molar-refractivity contribution in [1.29, 1.82) is 0 Å². The highest BCUT2D eigenvalue weighted by molar-refractivity contribution is 9.11. The van der Waals surface area contributed by atoms with Crippen molar-refractivity contribution in [2.24, 2.45) is 0 Å². The molecule has 1 aromatic carbocycles. The Labute approximate surface area is 159 Å². The maximum absolute atomic E-state index is 5.96. The fraction of sp³-hybridized carbons (Fsp3) is 0.412. The van der Waals surface area contributed by atoms with Gasteiger partial charge in [0.05, 0.1) is 21.2 Å². The molecule has 1 fully saturated rings. The molecule has 23 heavy (non-hydrogen) atoms. The molecule has 1 aliphatic heterocycles. The van der Waals surface area contributed by atoms with Crippen LogP contribution in [-0.2, 0) is 11.2 Å². The molecule has 0 unspecified atom stereocenters. The number of aryl methyl sites for hydroxylation is 1. The second-order valence-corrected chi connectivity index (χ2v) is 9.69. The molecule has 0 N–H and O–H groups in total. The number of thiophene rings is 1. The van der Waals surface area contributed by atoms with Crippen LogP contribution in [0.4, 0.5) is 0 Å². The zero-order valence-electron chi connectivity index (χ0n) is 12.8. The topological polar surface area (TPSA) is 12.5 Å². The first-order valence-electron chi connectivity index (χ1n) is 7.72. The van der Waals surface area contributed by atoms with Crippen molar-refractivity contribution in [3.63, 3.8) is 0 Å². The highest BCUT2D eigenvalue weighted by atomic mass is 79.9. The van der Waals surface area contributed by atoms with Crippen LogP contribution >= 0.6 is 50.6 Å². The second kappa shape index (κ2) is 8.88. The number of ether oxygens (including phenoxy) is 1. The molecule has 6 heteroatoms. The molecule has 0 bridgehead atoms. The summed E-state index contributed by atoms with van der Waals surface area (Å²) >= 11 is 13.2. The zero-order chi connectivity index (χ0) is 16.1. The first-order valence-corrected chi connectivity index (χ1v) is 10.5. The molecule has 0 aliphatic carbocycles. The summed E-state index contributed by atoms with van der Waals surface area (Å²) in [4.78, 5) is 3.73. The van der Waals surface area contributed by atoms with Gasteiger partial charge in [-0.3, -0.25) is 4.90 Å². The van der Waals surface area contributed by atoms with E-state index < -0.39 is 0 Å². The molecule has 1 aromatic heterocycles. The van der Waals surface area contributed by atoms with E-state index in [2.05, 4.69) is 39.0 Å². The predicted molar refractivity (Wildman–Crippen MR) is 103 cm³/mol. The van der Waals surface area contributed by atoms with Gasteiger partial charge in [0.1, 0.15) is 0 Å². The molecule has 0 atom stereocenters. The highest BCUT2D eigenvalue weighted by Gasteiger charge is 2.12. The number of morpholine rings is 1. The Morgan fingerprint density at radius 1 is 1.22 bits per heavy atom. The Kier molecular flexibility index (Phi) is 6.86. The van der Waals surface area contributed by atoms with Crippen LogP contribution in [0.2, 0.25) is 5.02 Å². The van der Waals surface area contributed by atoms with Gasteiger partial charge < -0.3 is 4.74 Å². The Bertz CT molecular complexity index is 626. The minimum atomic E-state index is 0.785. The number of benzene rings is 1. The van der Waals surface area contributed by atoms with Gasteiger partial charge in [-0.2, -0.15) is 0 Å². The van der Waals surface area contributed by atoms with Gasteiger partial charge >= 0.3 is 0 Å². The summed E-state index contributed by atoms with van der Waals surface area (Å²) < 4.78 is 7.98. The summed E-state index contributed by atoms with van der Waals surface area (Å²) in [5, 5.41) is 0.785. The highest BCUT2D eigenvalue weighted by Crippen LogP contribution is 2.40. The van der Waals surface area contributed by atoms with Gasteiger partial charge in [-0.05, 0) is 71.2 Å². The third-order valence-corrected chi connectivity index (χ3v) is 6.97. The molecule has 1 aliphatic rings. The van der Waals surface area contributed by atoms with E-state index in [1.807, 2.05) is 35.2 Å². The van der Waals surface area contributed by atoms with Gasteiger partial charge in [-0.1, -0.05) is 23.4 Å². The lowest BCUT2D eigenvalue weighted by Gasteiger charge is -2.26. The fourth-order valence-electron chi connectivity index (χ4n) is 2.57. The molecule has 0 spiro atoms. The number of hydrogen-bond acceptors (Lipinski definition) is 4. The molecule has 1 saturated heterocycles. The first-order chi connectivity index (χ1) is 11.2. The summed E-state index contributed by atoms with van der Waals surface area (Å²) in [5.74, 6) is 0. The largest absolute Gasteiger partial charge is 0.379 e. The Balaban J connectivity index is 1.57. The van der Waals surface area contributed by atoms with E-state index in [0.717, 1.165) is 44.3 Å². The van der Waals surface area contributed by atoms with Crippen LogP contribution in [-0.4, -0.2) is 37.7 Å². The van der Waals surface area contributed by atoms with Crippen LogP contribution < -0.4 is 0 Å². The van der Waals surface area contributed by atoms with Crippen LogP contribution in [0.25, 0.3) is 0 Å². The fourth-order valence-corrected chi connectivity index (χ4v) is 5.95. The summed E-state index contributed by atoms with van der Waals surface area (Å²) in [6, 6.07) is 10.3. The van der Waals surface area contributed by atoms with Crippen molar-refractivity contribution >= 4 is 50.6 Å². The van der Waals surface area contributed by atoms with Crippen molar-refractivity contribution in [2.75, 3.05) is 32.8 Å². The van der Waals surface area contributed by atoms with Crippen molar-refractivity contribution in [3.8, 4) is 0 Å².